The Bertz CT molecular complexity index is 1070. The lowest BCUT2D eigenvalue weighted by molar-refractivity contribution is 0.133. The molecule has 2 bridgehead atoms. The molecule has 0 amide bonds. The van der Waals surface area contributed by atoms with Crippen LogP contribution in [0.1, 0.15) is 26.7 Å². The summed E-state index contributed by atoms with van der Waals surface area (Å²) >= 11 is 0. The number of hydrogen-bond donors (Lipinski definition) is 1. The van der Waals surface area contributed by atoms with Crippen molar-refractivity contribution in [3.05, 3.63) is 49.1 Å². The zero-order valence-corrected chi connectivity index (χ0v) is 17.9. The Labute approximate surface area is 177 Å². The summed E-state index contributed by atoms with van der Waals surface area (Å²) in [6.07, 6.45) is 7.60. The number of likely N-dealkylation sites (tertiary alicyclic amines) is 1. The number of piperidine rings is 1. The number of hydrogen-bond acceptors (Lipinski definition) is 6. The second kappa shape index (κ2) is 6.54. The molecule has 1 saturated heterocycles. The lowest BCUT2D eigenvalue weighted by atomic mass is 9.84. The first-order chi connectivity index (χ1) is 14.3. The Balaban J connectivity index is 1.38. The SMILES string of the molecule is CN(c1ccc(-c2ccc(-n3ccnc3)cc2O)nn1)[C@H]1C[C@@]2(C)C[C@]1(C)CN2C. The van der Waals surface area contributed by atoms with E-state index < -0.39 is 0 Å². The van der Waals surface area contributed by atoms with Gasteiger partial charge in [-0.3, -0.25) is 0 Å². The molecule has 0 unspecified atom stereocenters. The summed E-state index contributed by atoms with van der Waals surface area (Å²) in [6.45, 7) is 5.88. The summed E-state index contributed by atoms with van der Waals surface area (Å²) < 4.78 is 1.85. The van der Waals surface area contributed by atoms with Gasteiger partial charge in [0.25, 0.3) is 0 Å². The Morgan fingerprint density at radius 2 is 2.00 bits per heavy atom. The summed E-state index contributed by atoms with van der Waals surface area (Å²) in [5.74, 6) is 1.05. The first-order valence-corrected chi connectivity index (χ1v) is 10.4. The van der Waals surface area contributed by atoms with Crippen molar-refractivity contribution in [3.8, 4) is 22.7 Å². The van der Waals surface area contributed by atoms with Crippen LogP contribution in [-0.4, -0.2) is 62.0 Å². The van der Waals surface area contributed by atoms with Crippen molar-refractivity contribution >= 4 is 5.82 Å². The molecule has 7 heteroatoms. The summed E-state index contributed by atoms with van der Waals surface area (Å²) in [5, 5.41) is 19.5. The number of aromatic hydroxyl groups is 1. The minimum Gasteiger partial charge on any atom is -0.507 e. The van der Waals surface area contributed by atoms with Gasteiger partial charge in [-0.15, -0.1) is 10.2 Å². The number of fused-ring (bicyclic) bond motifs is 2. The van der Waals surface area contributed by atoms with Crippen LogP contribution in [-0.2, 0) is 0 Å². The first kappa shape index (κ1) is 19.1. The fraction of sp³-hybridized carbons (Fsp3) is 0.435. The highest BCUT2D eigenvalue weighted by molar-refractivity contribution is 5.69. The zero-order valence-electron chi connectivity index (χ0n) is 17.9. The molecule has 1 aliphatic heterocycles. The van der Waals surface area contributed by atoms with Gasteiger partial charge in [-0.05, 0) is 51.1 Å². The van der Waals surface area contributed by atoms with E-state index in [1.165, 1.54) is 6.42 Å². The van der Waals surface area contributed by atoms with Gasteiger partial charge in [-0.25, -0.2) is 4.98 Å². The topological polar surface area (TPSA) is 70.3 Å². The number of rotatable bonds is 4. The lowest BCUT2D eigenvalue weighted by Crippen LogP contribution is -2.51. The number of anilines is 1. The molecular weight excluding hydrogens is 376 g/mol. The number of phenolic OH excluding ortho intramolecular Hbond substituents is 1. The van der Waals surface area contributed by atoms with Crippen LogP contribution in [0.2, 0.25) is 0 Å². The van der Waals surface area contributed by atoms with Crippen molar-refractivity contribution < 1.29 is 5.11 Å². The normalized spacial score (nSPS) is 28.2. The van der Waals surface area contributed by atoms with Crippen molar-refractivity contribution in [2.75, 3.05) is 25.5 Å². The minimum absolute atomic E-state index is 0.174. The van der Waals surface area contributed by atoms with Crippen LogP contribution in [0.25, 0.3) is 16.9 Å². The maximum atomic E-state index is 10.5. The number of aromatic nitrogens is 4. The molecule has 30 heavy (non-hydrogen) atoms. The molecule has 5 rings (SSSR count). The van der Waals surface area contributed by atoms with Gasteiger partial charge in [0.05, 0.1) is 17.7 Å². The van der Waals surface area contributed by atoms with Crippen molar-refractivity contribution in [2.45, 2.75) is 38.3 Å². The molecule has 1 saturated carbocycles. The molecule has 1 N–H and O–H groups in total. The van der Waals surface area contributed by atoms with Crippen molar-refractivity contribution in [3.63, 3.8) is 0 Å². The predicted octanol–water partition coefficient (Wildman–Crippen LogP) is 3.34. The van der Waals surface area contributed by atoms with Crippen LogP contribution in [0.4, 0.5) is 5.82 Å². The summed E-state index contributed by atoms with van der Waals surface area (Å²) in [4.78, 5) is 8.84. The number of phenols is 1. The van der Waals surface area contributed by atoms with Crippen molar-refractivity contribution in [1.82, 2.24) is 24.6 Å². The highest BCUT2D eigenvalue weighted by atomic mass is 16.3. The first-order valence-electron chi connectivity index (χ1n) is 10.4. The number of imidazole rings is 1. The Morgan fingerprint density at radius 3 is 2.57 bits per heavy atom. The molecule has 1 aromatic carbocycles. The van der Waals surface area contributed by atoms with E-state index in [2.05, 4.69) is 52.9 Å². The second-order valence-corrected chi connectivity index (χ2v) is 9.46. The molecule has 156 valence electrons. The quantitative estimate of drug-likeness (QED) is 0.719. The third kappa shape index (κ3) is 2.88. The molecule has 1 aliphatic carbocycles. The van der Waals surface area contributed by atoms with Crippen molar-refractivity contribution in [2.24, 2.45) is 5.41 Å². The zero-order chi connectivity index (χ0) is 21.1. The van der Waals surface area contributed by atoms with Crippen LogP contribution in [0.5, 0.6) is 5.75 Å². The highest BCUT2D eigenvalue weighted by Gasteiger charge is 2.59. The van der Waals surface area contributed by atoms with Gasteiger partial charge in [0.15, 0.2) is 5.82 Å². The smallest absolute Gasteiger partial charge is 0.151 e. The average Bonchev–Trinajstić information content (AvgIpc) is 3.39. The average molecular weight is 405 g/mol. The number of benzene rings is 1. The van der Waals surface area contributed by atoms with E-state index in [4.69, 9.17) is 0 Å². The molecule has 2 fully saturated rings. The molecule has 3 heterocycles. The maximum absolute atomic E-state index is 10.5. The summed E-state index contributed by atoms with van der Waals surface area (Å²) in [7, 11) is 4.36. The van der Waals surface area contributed by atoms with Gasteiger partial charge >= 0.3 is 0 Å². The molecule has 2 aromatic heterocycles. The van der Waals surface area contributed by atoms with Gasteiger partial charge in [0.2, 0.25) is 0 Å². The third-order valence-electron chi connectivity index (χ3n) is 7.28. The molecule has 2 aliphatic rings. The predicted molar refractivity (Wildman–Crippen MR) is 117 cm³/mol. The fourth-order valence-electron chi connectivity index (χ4n) is 5.64. The molecular formula is C23H28N6O. The Morgan fingerprint density at radius 1 is 1.17 bits per heavy atom. The maximum Gasteiger partial charge on any atom is 0.151 e. The van der Waals surface area contributed by atoms with E-state index in [9.17, 15) is 5.11 Å². The molecule has 0 radical (unpaired) electrons. The van der Waals surface area contributed by atoms with Crippen LogP contribution in [0.15, 0.2) is 49.1 Å². The van der Waals surface area contributed by atoms with Gasteiger partial charge in [0, 0.05) is 54.6 Å². The van der Waals surface area contributed by atoms with Crippen LogP contribution in [0.3, 0.4) is 0 Å². The largest absolute Gasteiger partial charge is 0.507 e. The lowest BCUT2D eigenvalue weighted by Gasteiger charge is -2.43. The van der Waals surface area contributed by atoms with Gasteiger partial charge < -0.3 is 19.5 Å². The summed E-state index contributed by atoms with van der Waals surface area (Å²) in [6, 6.07) is 9.91. The van der Waals surface area contributed by atoms with Crippen LogP contribution < -0.4 is 4.90 Å². The molecule has 3 aromatic rings. The second-order valence-electron chi connectivity index (χ2n) is 9.46. The van der Waals surface area contributed by atoms with Crippen LogP contribution >= 0.6 is 0 Å². The third-order valence-corrected chi connectivity index (χ3v) is 7.28. The van der Waals surface area contributed by atoms with E-state index in [1.54, 1.807) is 18.6 Å². The Hall–Kier alpha value is -2.93. The van der Waals surface area contributed by atoms with Crippen molar-refractivity contribution in [1.29, 1.82) is 0 Å². The minimum atomic E-state index is 0.174. The van der Waals surface area contributed by atoms with Gasteiger partial charge in [-0.1, -0.05) is 6.92 Å². The Kier molecular flexibility index (Phi) is 4.15. The molecule has 3 atom stereocenters. The molecule has 0 spiro atoms. The monoisotopic (exact) mass is 404 g/mol. The van der Waals surface area contributed by atoms with E-state index in [1.807, 2.05) is 35.0 Å². The highest BCUT2D eigenvalue weighted by Crippen LogP contribution is 2.55. The van der Waals surface area contributed by atoms with Crippen LogP contribution in [0, 0.1) is 5.41 Å². The fourth-order valence-corrected chi connectivity index (χ4v) is 5.64. The van der Waals surface area contributed by atoms with Gasteiger partial charge in [0.1, 0.15) is 5.75 Å². The number of nitrogens with zero attached hydrogens (tertiary/aromatic N) is 6. The summed E-state index contributed by atoms with van der Waals surface area (Å²) in [5.41, 5.74) is 2.71. The van der Waals surface area contributed by atoms with E-state index in [0.717, 1.165) is 24.5 Å². The van der Waals surface area contributed by atoms with E-state index in [0.29, 0.717) is 17.3 Å². The van der Waals surface area contributed by atoms with E-state index in [-0.39, 0.29) is 16.7 Å². The van der Waals surface area contributed by atoms with Gasteiger partial charge in [-0.2, -0.15) is 0 Å². The standard InChI is InChI=1S/C23H28N6O/c1-22-13-23(2,27(3)14-22)12-20(22)28(4)21-8-7-18(25-26-21)17-6-5-16(11-19(17)30)29-10-9-24-15-29/h5-11,15,20,30H,12-14H2,1-4H3/t20-,22+,23-/m0/s1. The van der Waals surface area contributed by atoms with E-state index >= 15 is 0 Å². The molecule has 7 nitrogen and oxygen atoms in total.